The number of ether oxygens (including phenoxy) is 1. The van der Waals surface area contributed by atoms with Gasteiger partial charge >= 0.3 is 0 Å². The van der Waals surface area contributed by atoms with Crippen molar-refractivity contribution in [3.63, 3.8) is 0 Å². The summed E-state index contributed by atoms with van der Waals surface area (Å²) in [6, 6.07) is 21.4. The number of benzene rings is 3. The lowest BCUT2D eigenvalue weighted by molar-refractivity contribution is 0.179. The molecule has 3 aromatic rings. The van der Waals surface area contributed by atoms with Gasteiger partial charge < -0.3 is 4.74 Å². The van der Waals surface area contributed by atoms with E-state index >= 15 is 0 Å². The second-order valence-corrected chi connectivity index (χ2v) is 5.78. The minimum absolute atomic E-state index is 0.171. The monoisotopic (exact) mass is 274 g/mol. The van der Waals surface area contributed by atoms with Gasteiger partial charge in [0.25, 0.3) is 0 Å². The van der Waals surface area contributed by atoms with Gasteiger partial charge in [0, 0.05) is 5.39 Å². The van der Waals surface area contributed by atoms with Gasteiger partial charge in [-0.25, -0.2) is 0 Å². The van der Waals surface area contributed by atoms with Gasteiger partial charge in [0.1, 0.15) is 11.9 Å². The van der Waals surface area contributed by atoms with E-state index in [0.29, 0.717) is 0 Å². The molecule has 1 atom stereocenters. The summed E-state index contributed by atoms with van der Waals surface area (Å²) in [5.41, 5.74) is 3.96. The van der Waals surface area contributed by atoms with Crippen molar-refractivity contribution in [2.24, 2.45) is 0 Å². The molecule has 1 unspecified atom stereocenters. The van der Waals surface area contributed by atoms with Gasteiger partial charge in [-0.3, -0.25) is 0 Å². The Kier molecular flexibility index (Phi) is 2.92. The maximum absolute atomic E-state index is 6.39. The Bertz CT molecular complexity index is 790. The molecule has 0 radical (unpaired) electrons. The first-order chi connectivity index (χ1) is 10.3. The molecule has 21 heavy (non-hydrogen) atoms. The van der Waals surface area contributed by atoms with Crippen LogP contribution < -0.4 is 4.74 Å². The zero-order valence-corrected chi connectivity index (χ0v) is 12.2. The van der Waals surface area contributed by atoms with Crippen molar-refractivity contribution in [1.29, 1.82) is 0 Å². The molecular weight excluding hydrogens is 256 g/mol. The van der Waals surface area contributed by atoms with E-state index in [-0.39, 0.29) is 6.10 Å². The van der Waals surface area contributed by atoms with Crippen LogP contribution in [0.4, 0.5) is 0 Å². The van der Waals surface area contributed by atoms with Crippen LogP contribution in [0.3, 0.4) is 0 Å². The molecule has 0 N–H and O–H groups in total. The molecule has 0 amide bonds. The van der Waals surface area contributed by atoms with Crippen LogP contribution in [0.2, 0.25) is 0 Å². The highest BCUT2D eigenvalue weighted by atomic mass is 16.5. The van der Waals surface area contributed by atoms with Gasteiger partial charge in [-0.2, -0.15) is 0 Å². The van der Waals surface area contributed by atoms with Crippen molar-refractivity contribution in [3.05, 3.63) is 77.4 Å². The van der Waals surface area contributed by atoms with Crippen molar-refractivity contribution in [1.82, 2.24) is 0 Å². The standard InChI is InChI=1S/C20H18O/c1-14-13-16-11-12-19(15-7-3-2-4-8-15)21-20(16)18-10-6-5-9-17(14)18/h2-10,13,19H,11-12H2,1H3. The summed E-state index contributed by atoms with van der Waals surface area (Å²) in [5.74, 6) is 1.08. The van der Waals surface area contributed by atoms with Gasteiger partial charge in [-0.05, 0) is 41.8 Å². The SMILES string of the molecule is Cc1cc2c(c3ccccc13)OC(c1ccccc1)CC2. The molecule has 0 aliphatic carbocycles. The average Bonchev–Trinajstić information content (AvgIpc) is 2.56. The minimum atomic E-state index is 0.171. The van der Waals surface area contributed by atoms with Crippen LogP contribution in [-0.2, 0) is 6.42 Å². The molecule has 1 heteroatoms. The summed E-state index contributed by atoms with van der Waals surface area (Å²) < 4.78 is 6.39. The van der Waals surface area contributed by atoms with E-state index in [0.717, 1.165) is 18.6 Å². The van der Waals surface area contributed by atoms with E-state index in [4.69, 9.17) is 4.74 Å². The Balaban J connectivity index is 1.83. The molecule has 0 saturated heterocycles. The molecule has 1 heterocycles. The van der Waals surface area contributed by atoms with Crippen molar-refractivity contribution < 1.29 is 4.74 Å². The van der Waals surface area contributed by atoms with Crippen LogP contribution in [0.5, 0.6) is 5.75 Å². The zero-order valence-electron chi connectivity index (χ0n) is 12.2. The maximum atomic E-state index is 6.39. The minimum Gasteiger partial charge on any atom is -0.485 e. The molecule has 1 nitrogen and oxygen atoms in total. The molecule has 0 fully saturated rings. The van der Waals surface area contributed by atoms with Gasteiger partial charge in [0.15, 0.2) is 0 Å². The number of aryl methyl sites for hydroxylation is 2. The van der Waals surface area contributed by atoms with Crippen molar-refractivity contribution in [2.45, 2.75) is 25.9 Å². The number of hydrogen-bond acceptors (Lipinski definition) is 1. The van der Waals surface area contributed by atoms with E-state index in [9.17, 15) is 0 Å². The lowest BCUT2D eigenvalue weighted by Gasteiger charge is -2.28. The van der Waals surface area contributed by atoms with Crippen molar-refractivity contribution in [2.75, 3.05) is 0 Å². The molecule has 0 bridgehead atoms. The first-order valence-corrected chi connectivity index (χ1v) is 7.56. The molecule has 3 aromatic carbocycles. The predicted octanol–water partition coefficient (Wildman–Crippen LogP) is 5.21. The molecule has 1 aliphatic heterocycles. The largest absolute Gasteiger partial charge is 0.485 e. The van der Waals surface area contributed by atoms with E-state index in [1.54, 1.807) is 0 Å². The van der Waals surface area contributed by atoms with E-state index < -0.39 is 0 Å². The number of fused-ring (bicyclic) bond motifs is 3. The lowest BCUT2D eigenvalue weighted by atomic mass is 9.93. The normalized spacial score (nSPS) is 17.3. The van der Waals surface area contributed by atoms with E-state index in [1.165, 1.54) is 27.5 Å². The van der Waals surface area contributed by atoms with Crippen LogP contribution in [0.25, 0.3) is 10.8 Å². The van der Waals surface area contributed by atoms with Gasteiger partial charge in [-0.15, -0.1) is 0 Å². The second-order valence-electron chi connectivity index (χ2n) is 5.78. The van der Waals surface area contributed by atoms with Crippen LogP contribution in [0, 0.1) is 6.92 Å². The molecule has 0 aromatic heterocycles. The summed E-state index contributed by atoms with van der Waals surface area (Å²) in [4.78, 5) is 0. The summed E-state index contributed by atoms with van der Waals surface area (Å²) in [6.45, 7) is 2.19. The summed E-state index contributed by atoms with van der Waals surface area (Å²) in [5, 5.41) is 2.54. The Morgan fingerprint density at radius 1 is 0.905 bits per heavy atom. The Morgan fingerprint density at radius 3 is 2.43 bits per heavy atom. The van der Waals surface area contributed by atoms with Crippen molar-refractivity contribution in [3.8, 4) is 5.75 Å². The highest BCUT2D eigenvalue weighted by Crippen LogP contribution is 2.40. The third-order valence-electron chi connectivity index (χ3n) is 4.39. The number of rotatable bonds is 1. The fourth-order valence-electron chi connectivity index (χ4n) is 3.32. The van der Waals surface area contributed by atoms with Crippen LogP contribution in [0.1, 0.15) is 29.2 Å². The van der Waals surface area contributed by atoms with Gasteiger partial charge in [0.05, 0.1) is 0 Å². The highest BCUT2D eigenvalue weighted by Gasteiger charge is 2.23. The fourth-order valence-corrected chi connectivity index (χ4v) is 3.32. The van der Waals surface area contributed by atoms with Crippen molar-refractivity contribution >= 4 is 10.8 Å². The quantitative estimate of drug-likeness (QED) is 0.591. The average molecular weight is 274 g/mol. The van der Waals surface area contributed by atoms with Gasteiger partial charge in [-0.1, -0.05) is 60.7 Å². The molecule has 4 rings (SSSR count). The Hall–Kier alpha value is -2.28. The molecule has 1 aliphatic rings. The second kappa shape index (κ2) is 4.92. The van der Waals surface area contributed by atoms with Crippen LogP contribution >= 0.6 is 0 Å². The topological polar surface area (TPSA) is 9.23 Å². The Labute approximate surface area is 125 Å². The maximum Gasteiger partial charge on any atom is 0.131 e. The smallest absolute Gasteiger partial charge is 0.131 e. The number of hydrogen-bond donors (Lipinski definition) is 0. The van der Waals surface area contributed by atoms with E-state index in [2.05, 4.69) is 67.6 Å². The zero-order chi connectivity index (χ0) is 14.2. The summed E-state index contributed by atoms with van der Waals surface area (Å²) in [7, 11) is 0. The Morgan fingerprint density at radius 2 is 1.62 bits per heavy atom. The van der Waals surface area contributed by atoms with E-state index in [1.807, 2.05) is 0 Å². The first kappa shape index (κ1) is 12.5. The van der Waals surface area contributed by atoms with Gasteiger partial charge in [0.2, 0.25) is 0 Å². The third kappa shape index (κ3) is 2.09. The highest BCUT2D eigenvalue weighted by molar-refractivity contribution is 5.92. The molecule has 104 valence electrons. The van der Waals surface area contributed by atoms with Crippen LogP contribution in [-0.4, -0.2) is 0 Å². The fraction of sp³-hybridized carbons (Fsp3) is 0.200. The summed E-state index contributed by atoms with van der Waals surface area (Å²) >= 11 is 0. The molecule has 0 spiro atoms. The predicted molar refractivity (Wildman–Crippen MR) is 86.8 cm³/mol. The van der Waals surface area contributed by atoms with Crippen LogP contribution in [0.15, 0.2) is 60.7 Å². The summed E-state index contributed by atoms with van der Waals surface area (Å²) in [6.07, 6.45) is 2.31. The molecular formula is C20H18O. The lowest BCUT2D eigenvalue weighted by Crippen LogP contribution is -2.15. The first-order valence-electron chi connectivity index (χ1n) is 7.56. The molecule has 0 saturated carbocycles. The third-order valence-corrected chi connectivity index (χ3v) is 4.39.